The predicted molar refractivity (Wildman–Crippen MR) is 63.7 cm³/mol. The van der Waals surface area contributed by atoms with Crippen LogP contribution in [0.1, 0.15) is 40.5 Å². The van der Waals surface area contributed by atoms with Crippen LogP contribution in [0.2, 0.25) is 0 Å². The van der Waals surface area contributed by atoms with E-state index in [1.54, 1.807) is 7.11 Å². The Kier molecular flexibility index (Phi) is 2.58. The molecule has 2 aliphatic carbocycles. The summed E-state index contributed by atoms with van der Waals surface area (Å²) >= 11 is 0. The number of nitrogens with zero attached hydrogens (tertiary/aromatic N) is 1. The first-order valence-electron chi connectivity index (χ1n) is 6.42. The molecule has 0 aromatic rings. The number of hydrogen-bond acceptors (Lipinski definition) is 2. The van der Waals surface area contributed by atoms with Gasteiger partial charge in [-0.05, 0) is 30.6 Å². The molecule has 2 rings (SSSR count). The summed E-state index contributed by atoms with van der Waals surface area (Å²) in [5, 5.41) is 9.33. The van der Waals surface area contributed by atoms with E-state index in [9.17, 15) is 5.26 Å². The molecule has 16 heavy (non-hydrogen) atoms. The Morgan fingerprint density at radius 1 is 1.50 bits per heavy atom. The molecule has 0 spiro atoms. The first-order valence-corrected chi connectivity index (χ1v) is 6.42. The number of fused-ring (bicyclic) bond motifs is 1. The van der Waals surface area contributed by atoms with Crippen molar-refractivity contribution in [3.63, 3.8) is 0 Å². The number of rotatable bonds is 3. The number of methoxy groups -OCH3 is 1. The molecule has 5 atom stereocenters. The van der Waals surface area contributed by atoms with Gasteiger partial charge in [0.15, 0.2) is 0 Å². The van der Waals surface area contributed by atoms with Crippen molar-refractivity contribution in [2.24, 2.45) is 28.6 Å². The summed E-state index contributed by atoms with van der Waals surface area (Å²) in [6.45, 7) is 8.96. The van der Waals surface area contributed by atoms with Gasteiger partial charge in [-0.1, -0.05) is 27.2 Å². The predicted octanol–water partition coefficient (Wildman–Crippen LogP) is 3.23. The number of ether oxygens (including phenoxy) is 1. The van der Waals surface area contributed by atoms with Crippen molar-refractivity contribution < 1.29 is 4.74 Å². The van der Waals surface area contributed by atoms with Crippen molar-refractivity contribution in [1.29, 1.82) is 5.26 Å². The average Bonchev–Trinajstić information content (AvgIpc) is 2.23. The molecule has 2 heteroatoms. The molecule has 2 nitrogen and oxygen atoms in total. The summed E-state index contributed by atoms with van der Waals surface area (Å²) in [5.41, 5.74) is 0.247. The van der Waals surface area contributed by atoms with Crippen LogP contribution in [-0.2, 0) is 4.74 Å². The molecule has 0 radical (unpaired) electrons. The number of hydrogen-bond donors (Lipinski definition) is 0. The van der Waals surface area contributed by atoms with Gasteiger partial charge in [-0.2, -0.15) is 5.26 Å². The van der Waals surface area contributed by atoms with Crippen molar-refractivity contribution in [3.8, 4) is 6.07 Å². The molecule has 2 saturated carbocycles. The monoisotopic (exact) mass is 221 g/mol. The van der Waals surface area contributed by atoms with Gasteiger partial charge in [0.1, 0.15) is 0 Å². The zero-order valence-electron chi connectivity index (χ0n) is 11.1. The summed E-state index contributed by atoms with van der Waals surface area (Å²) in [7, 11) is 1.80. The Morgan fingerprint density at radius 3 is 2.50 bits per heavy atom. The van der Waals surface area contributed by atoms with E-state index in [4.69, 9.17) is 4.74 Å². The summed E-state index contributed by atoms with van der Waals surface area (Å²) in [6.07, 6.45) is 2.55. The van der Waals surface area contributed by atoms with E-state index in [0.29, 0.717) is 29.3 Å². The molecule has 0 aromatic carbocycles. The van der Waals surface area contributed by atoms with Crippen LogP contribution in [0, 0.1) is 39.9 Å². The summed E-state index contributed by atoms with van der Waals surface area (Å²) in [4.78, 5) is 0. The maximum absolute atomic E-state index is 9.33. The Labute approximate surface area is 99.0 Å². The normalized spacial score (nSPS) is 50.2. The summed E-state index contributed by atoms with van der Waals surface area (Å²) in [5.74, 6) is 1.78. The maximum atomic E-state index is 9.33. The van der Waals surface area contributed by atoms with Crippen molar-refractivity contribution in [2.75, 3.05) is 7.11 Å². The molecular formula is C14H23NO. The Balaban J connectivity index is 2.30. The molecule has 2 aliphatic rings. The van der Waals surface area contributed by atoms with Gasteiger partial charge >= 0.3 is 0 Å². The highest BCUT2D eigenvalue weighted by molar-refractivity contribution is 5.28. The minimum atomic E-state index is -0.142. The third-order valence-corrected chi connectivity index (χ3v) is 5.40. The van der Waals surface area contributed by atoms with Crippen LogP contribution in [0.3, 0.4) is 0 Å². The highest BCUT2D eigenvalue weighted by atomic mass is 16.5. The molecular weight excluding hydrogens is 198 g/mol. The van der Waals surface area contributed by atoms with Gasteiger partial charge in [-0.25, -0.2) is 0 Å². The van der Waals surface area contributed by atoms with E-state index in [1.807, 2.05) is 0 Å². The van der Waals surface area contributed by atoms with Gasteiger partial charge in [0.25, 0.3) is 0 Å². The van der Waals surface area contributed by atoms with E-state index < -0.39 is 0 Å². The lowest BCUT2D eigenvalue weighted by Crippen LogP contribution is -2.76. The zero-order chi connectivity index (χ0) is 12.1. The van der Waals surface area contributed by atoms with Crippen LogP contribution >= 0.6 is 0 Å². The Hall–Kier alpha value is -0.550. The van der Waals surface area contributed by atoms with Crippen molar-refractivity contribution in [1.82, 2.24) is 0 Å². The van der Waals surface area contributed by atoms with Crippen LogP contribution in [0.25, 0.3) is 0 Å². The van der Waals surface area contributed by atoms with Gasteiger partial charge in [0.05, 0.1) is 17.6 Å². The highest BCUT2D eigenvalue weighted by Gasteiger charge is 2.76. The summed E-state index contributed by atoms with van der Waals surface area (Å²) in [6, 6.07) is 2.52. The van der Waals surface area contributed by atoms with E-state index >= 15 is 0 Å². The molecule has 2 fully saturated rings. The van der Waals surface area contributed by atoms with Crippen LogP contribution in [0.15, 0.2) is 0 Å². The van der Waals surface area contributed by atoms with Crippen molar-refractivity contribution in [2.45, 2.75) is 46.6 Å². The number of nitriles is 1. The van der Waals surface area contributed by atoms with Crippen molar-refractivity contribution >= 4 is 0 Å². The second kappa shape index (κ2) is 3.47. The standard InChI is InChI=1S/C14H23NO/c1-6-10-11(16-5)12-13(4,8-15)7-14(10,12)9(2)3/h9-12H,6-7H2,1-5H3. The lowest BCUT2D eigenvalue weighted by molar-refractivity contribution is -0.318. The zero-order valence-corrected chi connectivity index (χ0v) is 11.1. The van der Waals surface area contributed by atoms with E-state index in [-0.39, 0.29) is 5.41 Å². The Bertz CT molecular complexity index is 332. The van der Waals surface area contributed by atoms with E-state index in [1.165, 1.54) is 6.42 Å². The SMILES string of the molecule is CCC1C(OC)C2C(C)(C#N)CC12C(C)C. The van der Waals surface area contributed by atoms with Gasteiger partial charge in [0.2, 0.25) is 0 Å². The minimum Gasteiger partial charge on any atom is -0.381 e. The summed E-state index contributed by atoms with van der Waals surface area (Å²) < 4.78 is 5.64. The molecule has 0 heterocycles. The lowest BCUT2D eigenvalue weighted by atomic mass is 9.29. The van der Waals surface area contributed by atoms with Gasteiger partial charge in [0, 0.05) is 13.0 Å². The average molecular weight is 221 g/mol. The first kappa shape index (κ1) is 11.9. The van der Waals surface area contributed by atoms with Crippen LogP contribution in [-0.4, -0.2) is 13.2 Å². The highest BCUT2D eigenvalue weighted by Crippen LogP contribution is 2.76. The molecule has 90 valence electrons. The minimum absolute atomic E-state index is 0.142. The van der Waals surface area contributed by atoms with E-state index in [2.05, 4.69) is 33.8 Å². The molecule has 0 aromatic heterocycles. The maximum Gasteiger partial charge on any atom is 0.0691 e. The largest absolute Gasteiger partial charge is 0.381 e. The first-order chi connectivity index (χ1) is 7.47. The third-order valence-electron chi connectivity index (χ3n) is 5.40. The van der Waals surface area contributed by atoms with Gasteiger partial charge in [-0.3, -0.25) is 0 Å². The quantitative estimate of drug-likeness (QED) is 0.733. The fraction of sp³-hybridized carbons (Fsp3) is 0.929. The van der Waals surface area contributed by atoms with E-state index in [0.717, 1.165) is 6.42 Å². The Morgan fingerprint density at radius 2 is 2.12 bits per heavy atom. The molecule has 0 amide bonds. The smallest absolute Gasteiger partial charge is 0.0691 e. The molecule has 0 saturated heterocycles. The third kappa shape index (κ3) is 1.06. The van der Waals surface area contributed by atoms with Crippen LogP contribution < -0.4 is 0 Å². The molecule has 0 aliphatic heterocycles. The second-order valence-corrected chi connectivity index (χ2v) is 6.17. The molecule has 5 unspecified atom stereocenters. The van der Waals surface area contributed by atoms with Crippen LogP contribution in [0.4, 0.5) is 0 Å². The second-order valence-electron chi connectivity index (χ2n) is 6.17. The fourth-order valence-electron chi connectivity index (χ4n) is 4.78. The molecule has 0 bridgehead atoms. The lowest BCUT2D eigenvalue weighted by Gasteiger charge is -2.75. The van der Waals surface area contributed by atoms with Gasteiger partial charge in [-0.15, -0.1) is 0 Å². The van der Waals surface area contributed by atoms with Crippen LogP contribution in [0.5, 0.6) is 0 Å². The van der Waals surface area contributed by atoms with Gasteiger partial charge < -0.3 is 4.74 Å². The van der Waals surface area contributed by atoms with Crippen molar-refractivity contribution in [3.05, 3.63) is 0 Å². The fourth-order valence-corrected chi connectivity index (χ4v) is 4.78. The molecule has 0 N–H and O–H groups in total. The topological polar surface area (TPSA) is 33.0 Å².